The normalized spacial score (nSPS) is 11.3. The van der Waals surface area contributed by atoms with Crippen LogP contribution in [0.2, 0.25) is 0 Å². The van der Waals surface area contributed by atoms with E-state index in [-0.39, 0.29) is 0 Å². The topological polar surface area (TPSA) is 63.9 Å². The predicted octanol–water partition coefficient (Wildman–Crippen LogP) is 3.85. The maximum Gasteiger partial charge on any atom is 0.194 e. The summed E-state index contributed by atoms with van der Waals surface area (Å²) in [6, 6.07) is 14.4. The van der Waals surface area contributed by atoms with Gasteiger partial charge in [0.15, 0.2) is 17.5 Å². The van der Waals surface area contributed by atoms with Gasteiger partial charge in [0.25, 0.3) is 0 Å². The molecule has 0 atom stereocenters. The molecule has 32 heavy (non-hydrogen) atoms. The van der Waals surface area contributed by atoms with Crippen molar-refractivity contribution in [2.24, 2.45) is 4.99 Å². The van der Waals surface area contributed by atoms with Gasteiger partial charge in [-0.1, -0.05) is 30.3 Å². The van der Waals surface area contributed by atoms with Gasteiger partial charge in [-0.25, -0.2) is 9.98 Å². The van der Waals surface area contributed by atoms with Crippen LogP contribution in [-0.2, 0) is 19.6 Å². The molecule has 1 heterocycles. The first-order valence-corrected chi connectivity index (χ1v) is 10.8. The number of benzene rings is 2. The number of nitrogens with one attached hydrogen (secondary N) is 1. The summed E-state index contributed by atoms with van der Waals surface area (Å²) in [4.78, 5) is 11.5. The smallest absolute Gasteiger partial charge is 0.194 e. The van der Waals surface area contributed by atoms with E-state index in [1.165, 1.54) is 5.56 Å². The van der Waals surface area contributed by atoms with Crippen molar-refractivity contribution >= 4 is 5.96 Å². The van der Waals surface area contributed by atoms with Gasteiger partial charge in [-0.05, 0) is 42.7 Å². The molecule has 0 unspecified atom stereocenters. The molecule has 0 amide bonds. The molecule has 0 saturated carbocycles. The Morgan fingerprint density at radius 1 is 1.12 bits per heavy atom. The molecule has 0 spiro atoms. The second-order valence-electron chi connectivity index (χ2n) is 7.62. The van der Waals surface area contributed by atoms with E-state index in [0.717, 1.165) is 47.5 Å². The summed E-state index contributed by atoms with van der Waals surface area (Å²) in [5.74, 6) is 3.23. The molecule has 0 radical (unpaired) electrons. The van der Waals surface area contributed by atoms with Gasteiger partial charge in [0.05, 0.1) is 14.2 Å². The molecule has 0 saturated heterocycles. The van der Waals surface area contributed by atoms with Crippen LogP contribution >= 0.6 is 0 Å². The van der Waals surface area contributed by atoms with Crippen LogP contribution in [0.25, 0.3) is 0 Å². The fourth-order valence-corrected chi connectivity index (χ4v) is 3.55. The van der Waals surface area contributed by atoms with Crippen LogP contribution in [0.3, 0.4) is 0 Å². The Bertz CT molecular complexity index is 1030. The number of hydrogen-bond donors (Lipinski definition) is 1. The Morgan fingerprint density at radius 2 is 1.84 bits per heavy atom. The first-order chi connectivity index (χ1) is 15.5. The van der Waals surface area contributed by atoms with Gasteiger partial charge >= 0.3 is 0 Å². The Hall–Kier alpha value is -3.48. The number of aliphatic imine (C=N–C) groups is 1. The van der Waals surface area contributed by atoms with Crippen LogP contribution in [-0.4, -0.2) is 48.2 Å². The molecule has 0 bridgehead atoms. The summed E-state index contributed by atoms with van der Waals surface area (Å²) in [6.45, 7) is 6.90. The largest absolute Gasteiger partial charge is 0.493 e. The van der Waals surface area contributed by atoms with Crippen molar-refractivity contribution in [1.29, 1.82) is 0 Å². The summed E-state index contributed by atoms with van der Waals surface area (Å²) >= 11 is 0. The van der Waals surface area contributed by atoms with E-state index in [4.69, 9.17) is 14.5 Å². The number of aromatic nitrogens is 2. The SMILES string of the molecule is CCNC(=NCc1nccn1Cc1ccccc1)N(C)Cc1cc(OC)c(OC)cc1C. The predicted molar refractivity (Wildman–Crippen MR) is 128 cm³/mol. The number of imidazole rings is 1. The van der Waals surface area contributed by atoms with Crippen molar-refractivity contribution in [3.05, 3.63) is 77.4 Å². The van der Waals surface area contributed by atoms with Crippen LogP contribution in [0.5, 0.6) is 11.5 Å². The van der Waals surface area contributed by atoms with Crippen LogP contribution < -0.4 is 14.8 Å². The number of rotatable bonds is 9. The highest BCUT2D eigenvalue weighted by Crippen LogP contribution is 2.30. The molecule has 0 aliphatic carbocycles. The van der Waals surface area contributed by atoms with Crippen LogP contribution in [0.4, 0.5) is 0 Å². The van der Waals surface area contributed by atoms with E-state index in [0.29, 0.717) is 13.1 Å². The third kappa shape index (κ3) is 5.81. The standard InChI is InChI=1S/C25H33N5O2/c1-6-26-25(29(3)18-21-15-23(32-5)22(31-4)14-19(21)2)28-16-24-27-12-13-30(24)17-20-10-8-7-9-11-20/h7-15H,6,16-18H2,1-5H3,(H,26,28). The highest BCUT2D eigenvalue weighted by atomic mass is 16.5. The second kappa shape index (κ2) is 11.2. The van der Waals surface area contributed by atoms with E-state index in [2.05, 4.69) is 57.9 Å². The summed E-state index contributed by atoms with van der Waals surface area (Å²) in [7, 11) is 5.35. The van der Waals surface area contributed by atoms with Crippen molar-refractivity contribution < 1.29 is 9.47 Å². The molecule has 1 N–H and O–H groups in total. The minimum atomic E-state index is 0.497. The van der Waals surface area contributed by atoms with E-state index in [9.17, 15) is 0 Å². The lowest BCUT2D eigenvalue weighted by Crippen LogP contribution is -2.38. The van der Waals surface area contributed by atoms with Gasteiger partial charge in [0.1, 0.15) is 12.4 Å². The average molecular weight is 436 g/mol. The molecule has 3 aromatic rings. The number of ether oxygens (including phenoxy) is 2. The molecule has 3 rings (SSSR count). The van der Waals surface area contributed by atoms with E-state index >= 15 is 0 Å². The number of guanidine groups is 1. The van der Waals surface area contributed by atoms with Crippen LogP contribution in [0.15, 0.2) is 59.9 Å². The monoisotopic (exact) mass is 435 g/mol. The Labute approximate surface area is 190 Å². The molecule has 2 aromatic carbocycles. The van der Waals surface area contributed by atoms with Crippen LogP contribution in [0.1, 0.15) is 29.4 Å². The van der Waals surface area contributed by atoms with E-state index in [1.54, 1.807) is 14.2 Å². The molecule has 1 aromatic heterocycles. The molecule has 0 fully saturated rings. The zero-order valence-corrected chi connectivity index (χ0v) is 19.6. The quantitative estimate of drug-likeness (QED) is 0.409. The zero-order valence-electron chi connectivity index (χ0n) is 19.6. The number of aryl methyl sites for hydroxylation is 1. The number of hydrogen-bond acceptors (Lipinski definition) is 4. The summed E-state index contributed by atoms with van der Waals surface area (Å²) in [5, 5.41) is 3.39. The van der Waals surface area contributed by atoms with Gasteiger partial charge in [-0.15, -0.1) is 0 Å². The Balaban J connectivity index is 1.75. The van der Waals surface area contributed by atoms with E-state index < -0.39 is 0 Å². The number of nitrogens with zero attached hydrogens (tertiary/aromatic N) is 4. The molecular formula is C25H33N5O2. The third-order valence-corrected chi connectivity index (χ3v) is 5.31. The molecule has 7 nitrogen and oxygen atoms in total. The number of methoxy groups -OCH3 is 2. The third-order valence-electron chi connectivity index (χ3n) is 5.31. The highest BCUT2D eigenvalue weighted by molar-refractivity contribution is 5.79. The average Bonchev–Trinajstić information content (AvgIpc) is 3.25. The maximum absolute atomic E-state index is 5.48. The van der Waals surface area contributed by atoms with Gasteiger partial charge in [-0.3, -0.25) is 0 Å². The summed E-state index contributed by atoms with van der Waals surface area (Å²) in [5.41, 5.74) is 3.54. The summed E-state index contributed by atoms with van der Waals surface area (Å²) in [6.07, 6.45) is 3.83. The molecule has 0 aliphatic heterocycles. The van der Waals surface area contributed by atoms with Crippen molar-refractivity contribution in [3.8, 4) is 11.5 Å². The summed E-state index contributed by atoms with van der Waals surface area (Å²) < 4.78 is 13.0. The Kier molecular flexibility index (Phi) is 8.14. The maximum atomic E-state index is 5.48. The first kappa shape index (κ1) is 23.2. The van der Waals surface area contributed by atoms with Crippen LogP contribution in [0, 0.1) is 6.92 Å². The molecule has 170 valence electrons. The van der Waals surface area contributed by atoms with Crippen molar-refractivity contribution in [2.45, 2.75) is 33.5 Å². The van der Waals surface area contributed by atoms with Gasteiger partial charge < -0.3 is 24.3 Å². The molecule has 0 aliphatic rings. The van der Waals surface area contributed by atoms with Gasteiger partial charge in [0, 0.05) is 39.1 Å². The van der Waals surface area contributed by atoms with Gasteiger partial charge in [-0.2, -0.15) is 0 Å². The molecular weight excluding hydrogens is 402 g/mol. The van der Waals surface area contributed by atoms with Crippen molar-refractivity contribution in [2.75, 3.05) is 27.8 Å². The first-order valence-electron chi connectivity index (χ1n) is 10.8. The minimum absolute atomic E-state index is 0.497. The van der Waals surface area contributed by atoms with E-state index in [1.807, 2.05) is 37.6 Å². The fourth-order valence-electron chi connectivity index (χ4n) is 3.55. The van der Waals surface area contributed by atoms with Crippen molar-refractivity contribution in [3.63, 3.8) is 0 Å². The Morgan fingerprint density at radius 3 is 2.53 bits per heavy atom. The van der Waals surface area contributed by atoms with Crippen molar-refractivity contribution in [1.82, 2.24) is 19.8 Å². The zero-order chi connectivity index (χ0) is 22.9. The van der Waals surface area contributed by atoms with Gasteiger partial charge in [0.2, 0.25) is 0 Å². The minimum Gasteiger partial charge on any atom is -0.493 e. The lowest BCUT2D eigenvalue weighted by Gasteiger charge is -2.23. The highest BCUT2D eigenvalue weighted by Gasteiger charge is 2.13. The second-order valence-corrected chi connectivity index (χ2v) is 7.62. The lowest BCUT2D eigenvalue weighted by atomic mass is 10.1. The fraction of sp³-hybridized carbons (Fsp3) is 0.360. The molecule has 7 heteroatoms. The lowest BCUT2D eigenvalue weighted by molar-refractivity contribution is 0.353.